The summed E-state index contributed by atoms with van der Waals surface area (Å²) in [7, 11) is 1.70. The van der Waals surface area contributed by atoms with Crippen molar-refractivity contribution >= 4 is 11.9 Å². The number of hydrogen-bond donors (Lipinski definition) is 1. The number of aromatic nitrogens is 1. The molecule has 0 bridgehead atoms. The van der Waals surface area contributed by atoms with Gasteiger partial charge in [-0.15, -0.1) is 0 Å². The molecule has 1 fully saturated rings. The zero-order chi connectivity index (χ0) is 21.3. The predicted molar refractivity (Wildman–Crippen MR) is 112 cm³/mol. The lowest BCUT2D eigenvalue weighted by Crippen LogP contribution is -2.48. The molecule has 0 radical (unpaired) electrons. The molecule has 160 valence electrons. The average Bonchev–Trinajstić information content (AvgIpc) is 2.77. The van der Waals surface area contributed by atoms with Gasteiger partial charge >= 0.3 is 5.97 Å². The molecular weight excluding hydrogens is 387 g/mol. The normalized spacial score (nSPS) is 16.8. The Bertz CT molecular complexity index is 876. The van der Waals surface area contributed by atoms with Gasteiger partial charge in [-0.3, -0.25) is 14.8 Å². The summed E-state index contributed by atoms with van der Waals surface area (Å²) in [6, 6.07) is 8.27. The lowest BCUT2D eigenvalue weighted by Gasteiger charge is -2.34. The number of ether oxygens (including phenoxy) is 2. The van der Waals surface area contributed by atoms with Crippen molar-refractivity contribution in [1.29, 1.82) is 0 Å². The molecule has 0 spiro atoms. The van der Waals surface area contributed by atoms with Crippen LogP contribution in [0.5, 0.6) is 11.5 Å². The van der Waals surface area contributed by atoms with Gasteiger partial charge in [-0.25, -0.2) is 4.39 Å². The van der Waals surface area contributed by atoms with Gasteiger partial charge in [-0.05, 0) is 49.6 Å². The Morgan fingerprint density at radius 3 is 2.97 bits per heavy atom. The number of esters is 1. The van der Waals surface area contributed by atoms with Crippen LogP contribution in [0.25, 0.3) is 0 Å². The van der Waals surface area contributed by atoms with E-state index in [1.54, 1.807) is 37.5 Å². The van der Waals surface area contributed by atoms with Crippen LogP contribution in [0.1, 0.15) is 25.3 Å². The standard InChI is InChI=1S/C22H27FN4O3/c1-3-29-21(28)17-6-5-11-27(15-17)22(24-2)26-13-16-8-9-20(19(23)12-16)30-18-7-4-10-25-14-18/h4,7-10,12,14,17H,3,5-6,11,13,15H2,1-2H3,(H,24,26). The fraction of sp³-hybridized carbons (Fsp3) is 0.409. The van der Waals surface area contributed by atoms with Crippen molar-refractivity contribution in [1.82, 2.24) is 15.2 Å². The van der Waals surface area contributed by atoms with Gasteiger partial charge in [0.05, 0.1) is 18.7 Å². The first-order valence-electron chi connectivity index (χ1n) is 10.1. The highest BCUT2D eigenvalue weighted by atomic mass is 19.1. The van der Waals surface area contributed by atoms with E-state index in [2.05, 4.69) is 15.3 Å². The monoisotopic (exact) mass is 414 g/mol. The van der Waals surface area contributed by atoms with Crippen LogP contribution in [0.4, 0.5) is 4.39 Å². The maximum absolute atomic E-state index is 14.4. The van der Waals surface area contributed by atoms with Crippen molar-refractivity contribution in [2.75, 3.05) is 26.7 Å². The third-order valence-corrected chi connectivity index (χ3v) is 4.86. The number of pyridine rings is 1. The molecule has 30 heavy (non-hydrogen) atoms. The number of piperidine rings is 1. The molecular formula is C22H27FN4O3. The highest BCUT2D eigenvalue weighted by Gasteiger charge is 2.28. The Labute approximate surface area is 175 Å². The number of hydrogen-bond acceptors (Lipinski definition) is 5. The summed E-state index contributed by atoms with van der Waals surface area (Å²) in [4.78, 5) is 22.4. The van der Waals surface area contributed by atoms with Crippen molar-refractivity contribution in [3.05, 3.63) is 54.1 Å². The first-order valence-corrected chi connectivity index (χ1v) is 10.1. The SMILES string of the molecule is CCOC(=O)C1CCCN(C(=NC)NCc2ccc(Oc3cccnc3)c(F)c2)C1. The zero-order valence-electron chi connectivity index (χ0n) is 17.3. The molecule has 1 unspecified atom stereocenters. The number of benzene rings is 1. The molecule has 1 atom stereocenters. The fourth-order valence-electron chi connectivity index (χ4n) is 3.41. The van der Waals surface area contributed by atoms with Crippen LogP contribution in [0.2, 0.25) is 0 Å². The van der Waals surface area contributed by atoms with E-state index in [-0.39, 0.29) is 17.6 Å². The smallest absolute Gasteiger partial charge is 0.310 e. The molecule has 1 aliphatic heterocycles. The molecule has 0 saturated carbocycles. The van der Waals surface area contributed by atoms with Gasteiger partial charge in [-0.1, -0.05) is 6.07 Å². The van der Waals surface area contributed by atoms with Gasteiger partial charge in [0.25, 0.3) is 0 Å². The number of halogens is 1. The Kier molecular flexibility index (Phi) is 7.59. The summed E-state index contributed by atoms with van der Waals surface area (Å²) in [6.45, 7) is 3.96. The molecule has 2 heterocycles. The summed E-state index contributed by atoms with van der Waals surface area (Å²) in [5, 5.41) is 3.25. The summed E-state index contributed by atoms with van der Waals surface area (Å²) < 4.78 is 25.1. The number of rotatable bonds is 6. The summed E-state index contributed by atoms with van der Waals surface area (Å²) in [6.07, 6.45) is 4.86. The summed E-state index contributed by atoms with van der Waals surface area (Å²) >= 11 is 0. The van der Waals surface area contributed by atoms with E-state index >= 15 is 0 Å². The van der Waals surface area contributed by atoms with Gasteiger partial charge in [0.1, 0.15) is 5.75 Å². The Morgan fingerprint density at radius 1 is 1.40 bits per heavy atom. The average molecular weight is 414 g/mol. The molecule has 1 aromatic carbocycles. The van der Waals surface area contributed by atoms with Crippen LogP contribution in [0.3, 0.4) is 0 Å². The number of nitrogens with one attached hydrogen (secondary N) is 1. The number of guanidine groups is 1. The Morgan fingerprint density at radius 2 is 2.27 bits per heavy atom. The molecule has 1 aromatic heterocycles. The Balaban J connectivity index is 1.58. The molecule has 1 saturated heterocycles. The van der Waals surface area contributed by atoms with Gasteiger partial charge in [0.2, 0.25) is 0 Å². The van der Waals surface area contributed by atoms with Gasteiger partial charge < -0.3 is 19.7 Å². The Hall–Kier alpha value is -3.16. The van der Waals surface area contributed by atoms with E-state index in [4.69, 9.17) is 9.47 Å². The van der Waals surface area contributed by atoms with E-state index in [9.17, 15) is 9.18 Å². The number of likely N-dealkylation sites (tertiary alicyclic amines) is 1. The van der Waals surface area contributed by atoms with E-state index in [0.29, 0.717) is 31.4 Å². The van der Waals surface area contributed by atoms with Crippen molar-refractivity contribution in [3.63, 3.8) is 0 Å². The first kappa shape index (κ1) is 21.5. The van der Waals surface area contributed by atoms with E-state index in [1.165, 1.54) is 12.3 Å². The topological polar surface area (TPSA) is 76.0 Å². The van der Waals surface area contributed by atoms with Gasteiger partial charge in [0.15, 0.2) is 17.5 Å². The van der Waals surface area contributed by atoms with Crippen LogP contribution in [-0.2, 0) is 16.1 Å². The number of aliphatic imine (C=N–C) groups is 1. The highest BCUT2D eigenvalue weighted by molar-refractivity contribution is 5.81. The predicted octanol–water partition coefficient (Wildman–Crippen LogP) is 3.36. The lowest BCUT2D eigenvalue weighted by atomic mass is 9.98. The first-order chi connectivity index (χ1) is 14.6. The van der Waals surface area contributed by atoms with Gasteiger partial charge in [0, 0.05) is 32.9 Å². The van der Waals surface area contributed by atoms with Gasteiger partial charge in [-0.2, -0.15) is 0 Å². The van der Waals surface area contributed by atoms with Crippen LogP contribution in [0.15, 0.2) is 47.7 Å². The van der Waals surface area contributed by atoms with Crippen molar-refractivity contribution in [3.8, 4) is 11.5 Å². The number of carbonyl (C=O) groups excluding carboxylic acids is 1. The number of nitrogens with zero attached hydrogens (tertiary/aromatic N) is 3. The highest BCUT2D eigenvalue weighted by Crippen LogP contribution is 2.24. The molecule has 8 heteroatoms. The largest absolute Gasteiger partial charge is 0.466 e. The molecule has 2 aromatic rings. The molecule has 3 rings (SSSR count). The summed E-state index contributed by atoms with van der Waals surface area (Å²) in [5.41, 5.74) is 0.756. The second-order valence-electron chi connectivity index (χ2n) is 6.99. The second-order valence-corrected chi connectivity index (χ2v) is 6.99. The van der Waals surface area contributed by atoms with E-state index in [0.717, 1.165) is 24.9 Å². The summed E-state index contributed by atoms with van der Waals surface area (Å²) in [5.74, 6) is 0.532. The van der Waals surface area contributed by atoms with Crippen LogP contribution in [0, 0.1) is 11.7 Å². The maximum Gasteiger partial charge on any atom is 0.310 e. The second kappa shape index (κ2) is 10.6. The van der Waals surface area contributed by atoms with Crippen LogP contribution in [-0.4, -0.2) is 48.6 Å². The van der Waals surface area contributed by atoms with E-state index in [1.807, 2.05) is 11.8 Å². The number of carbonyl (C=O) groups is 1. The maximum atomic E-state index is 14.4. The zero-order valence-corrected chi connectivity index (χ0v) is 17.3. The molecule has 0 amide bonds. The third-order valence-electron chi connectivity index (χ3n) is 4.86. The molecule has 7 nitrogen and oxygen atoms in total. The van der Waals surface area contributed by atoms with Crippen molar-refractivity contribution in [2.24, 2.45) is 10.9 Å². The molecule has 1 N–H and O–H groups in total. The minimum absolute atomic E-state index is 0.143. The quantitative estimate of drug-likeness (QED) is 0.444. The molecule has 1 aliphatic rings. The fourth-order valence-corrected chi connectivity index (χ4v) is 3.41. The minimum Gasteiger partial charge on any atom is -0.466 e. The third kappa shape index (κ3) is 5.68. The lowest BCUT2D eigenvalue weighted by molar-refractivity contribution is -0.149. The minimum atomic E-state index is -0.450. The van der Waals surface area contributed by atoms with E-state index < -0.39 is 5.82 Å². The van der Waals surface area contributed by atoms with Crippen molar-refractivity contribution in [2.45, 2.75) is 26.3 Å². The molecule has 0 aliphatic carbocycles. The van der Waals surface area contributed by atoms with Crippen LogP contribution < -0.4 is 10.1 Å². The van der Waals surface area contributed by atoms with Crippen molar-refractivity contribution < 1.29 is 18.7 Å². The van der Waals surface area contributed by atoms with Crippen LogP contribution >= 0.6 is 0 Å².